The van der Waals surface area contributed by atoms with Gasteiger partial charge in [-0.3, -0.25) is 4.79 Å². The fourth-order valence-corrected chi connectivity index (χ4v) is 2.28. The Morgan fingerprint density at radius 3 is 2.33 bits per heavy atom. The minimum atomic E-state index is -0.200. The van der Waals surface area contributed by atoms with E-state index in [0.29, 0.717) is 10.8 Å². The Bertz CT molecular complexity index is 627. The van der Waals surface area contributed by atoms with E-state index in [0.717, 1.165) is 24.3 Å². The van der Waals surface area contributed by atoms with Crippen molar-refractivity contribution < 1.29 is 9.53 Å². The molecule has 5 heteroatoms. The van der Waals surface area contributed by atoms with E-state index in [2.05, 4.69) is 17.6 Å². The molecule has 0 aliphatic heterocycles. The van der Waals surface area contributed by atoms with Crippen LogP contribution < -0.4 is 15.4 Å². The first-order chi connectivity index (χ1) is 11.7. The van der Waals surface area contributed by atoms with Crippen LogP contribution >= 0.6 is 11.6 Å². The number of nitrogens with one attached hydrogen (secondary N) is 2. The van der Waals surface area contributed by atoms with Crippen molar-refractivity contribution in [2.45, 2.75) is 26.2 Å². The molecule has 0 fully saturated rings. The molecule has 0 aromatic heterocycles. The van der Waals surface area contributed by atoms with E-state index in [-0.39, 0.29) is 12.5 Å². The number of hydrogen-bond donors (Lipinski definition) is 2. The number of carbonyl (C=O) groups excluding carboxylic acids is 1. The maximum Gasteiger partial charge on any atom is 0.262 e. The molecule has 128 valence electrons. The molecule has 1 amide bonds. The Balaban J connectivity index is 1.74. The summed E-state index contributed by atoms with van der Waals surface area (Å²) in [5.74, 6) is 0.412. The third kappa shape index (κ3) is 6.50. The van der Waals surface area contributed by atoms with Crippen molar-refractivity contribution in [3.63, 3.8) is 0 Å². The lowest BCUT2D eigenvalue weighted by atomic mass is 10.2. The molecule has 0 spiro atoms. The van der Waals surface area contributed by atoms with Crippen molar-refractivity contribution in [1.29, 1.82) is 0 Å². The first kappa shape index (κ1) is 18.1. The number of carbonyl (C=O) groups is 1. The molecule has 2 aromatic carbocycles. The van der Waals surface area contributed by atoms with Crippen molar-refractivity contribution >= 4 is 28.9 Å². The van der Waals surface area contributed by atoms with Gasteiger partial charge >= 0.3 is 0 Å². The van der Waals surface area contributed by atoms with E-state index in [1.54, 1.807) is 24.3 Å². The topological polar surface area (TPSA) is 50.4 Å². The van der Waals surface area contributed by atoms with Crippen LogP contribution in [-0.4, -0.2) is 19.1 Å². The predicted octanol–water partition coefficient (Wildman–Crippen LogP) is 4.96. The Hall–Kier alpha value is -2.20. The Morgan fingerprint density at radius 2 is 1.67 bits per heavy atom. The molecule has 0 saturated heterocycles. The Kier molecular flexibility index (Phi) is 7.43. The summed E-state index contributed by atoms with van der Waals surface area (Å²) in [7, 11) is 0. The van der Waals surface area contributed by atoms with Crippen molar-refractivity contribution in [3.8, 4) is 5.75 Å². The number of unbranched alkanes of at least 4 members (excludes halogenated alkanes) is 2. The molecular weight excluding hydrogens is 324 g/mol. The standard InChI is InChI=1S/C19H23ClN2O2/c1-2-3-4-13-21-16-7-9-17(10-8-16)22-19(23)14-24-18-11-5-15(20)6-12-18/h5-12,21H,2-4,13-14H2,1H3,(H,22,23). The molecule has 0 heterocycles. The molecule has 4 nitrogen and oxygen atoms in total. The lowest BCUT2D eigenvalue weighted by Crippen LogP contribution is -2.20. The number of benzene rings is 2. The van der Waals surface area contributed by atoms with Gasteiger partial charge in [0.15, 0.2) is 6.61 Å². The summed E-state index contributed by atoms with van der Waals surface area (Å²) in [6, 6.07) is 14.6. The minimum Gasteiger partial charge on any atom is -0.484 e. The van der Waals surface area contributed by atoms with Crippen LogP contribution in [0, 0.1) is 0 Å². The van der Waals surface area contributed by atoms with Crippen LogP contribution in [0.4, 0.5) is 11.4 Å². The monoisotopic (exact) mass is 346 g/mol. The second-order valence-corrected chi connectivity index (χ2v) is 5.94. The summed E-state index contributed by atoms with van der Waals surface area (Å²) < 4.78 is 5.41. The average molecular weight is 347 g/mol. The smallest absolute Gasteiger partial charge is 0.262 e. The highest BCUT2D eigenvalue weighted by Crippen LogP contribution is 2.16. The lowest BCUT2D eigenvalue weighted by molar-refractivity contribution is -0.118. The van der Waals surface area contributed by atoms with E-state index < -0.39 is 0 Å². The second kappa shape index (κ2) is 9.83. The molecule has 2 N–H and O–H groups in total. The molecule has 0 atom stereocenters. The summed E-state index contributed by atoms with van der Waals surface area (Å²) in [5.41, 5.74) is 1.81. The van der Waals surface area contributed by atoms with E-state index in [1.807, 2.05) is 24.3 Å². The van der Waals surface area contributed by atoms with E-state index in [9.17, 15) is 4.79 Å². The molecule has 0 bridgehead atoms. The maximum absolute atomic E-state index is 11.9. The quantitative estimate of drug-likeness (QED) is 0.631. The van der Waals surface area contributed by atoms with Gasteiger partial charge in [-0.1, -0.05) is 31.4 Å². The third-order valence-corrected chi connectivity index (χ3v) is 3.71. The van der Waals surface area contributed by atoms with Gasteiger partial charge in [0, 0.05) is 22.9 Å². The van der Waals surface area contributed by atoms with Gasteiger partial charge in [-0.05, 0) is 55.0 Å². The van der Waals surface area contributed by atoms with Crippen molar-refractivity contribution in [1.82, 2.24) is 0 Å². The largest absolute Gasteiger partial charge is 0.484 e. The van der Waals surface area contributed by atoms with E-state index >= 15 is 0 Å². The van der Waals surface area contributed by atoms with Gasteiger partial charge in [-0.2, -0.15) is 0 Å². The molecule has 2 rings (SSSR count). The lowest BCUT2D eigenvalue weighted by Gasteiger charge is -2.09. The number of rotatable bonds is 9. The summed E-state index contributed by atoms with van der Waals surface area (Å²) in [4.78, 5) is 11.9. The minimum absolute atomic E-state index is 0.0430. The molecule has 0 radical (unpaired) electrons. The number of ether oxygens (including phenoxy) is 1. The molecule has 0 aliphatic carbocycles. The molecule has 2 aromatic rings. The van der Waals surface area contributed by atoms with Crippen LogP contribution in [-0.2, 0) is 4.79 Å². The van der Waals surface area contributed by atoms with Crippen LogP contribution in [0.5, 0.6) is 5.75 Å². The fourth-order valence-electron chi connectivity index (χ4n) is 2.16. The summed E-state index contributed by atoms with van der Waals surface area (Å²) in [6.07, 6.45) is 3.61. The SMILES string of the molecule is CCCCCNc1ccc(NC(=O)COc2ccc(Cl)cc2)cc1. The van der Waals surface area contributed by atoms with Crippen molar-refractivity contribution in [3.05, 3.63) is 53.6 Å². The summed E-state index contributed by atoms with van der Waals surface area (Å²) in [5, 5.41) is 6.81. The molecular formula is C19H23ClN2O2. The molecule has 24 heavy (non-hydrogen) atoms. The highest BCUT2D eigenvalue weighted by atomic mass is 35.5. The van der Waals surface area contributed by atoms with Gasteiger partial charge in [-0.15, -0.1) is 0 Å². The van der Waals surface area contributed by atoms with E-state index in [1.165, 1.54) is 12.8 Å². The summed E-state index contributed by atoms with van der Waals surface area (Å²) in [6.45, 7) is 3.11. The van der Waals surface area contributed by atoms with Crippen LogP contribution in [0.25, 0.3) is 0 Å². The zero-order valence-corrected chi connectivity index (χ0v) is 14.6. The highest BCUT2D eigenvalue weighted by Gasteiger charge is 2.04. The van der Waals surface area contributed by atoms with Crippen LogP contribution in [0.1, 0.15) is 26.2 Å². The van der Waals surface area contributed by atoms with Gasteiger partial charge in [0.2, 0.25) is 0 Å². The Labute approximate surface area is 148 Å². The second-order valence-electron chi connectivity index (χ2n) is 5.50. The van der Waals surface area contributed by atoms with Crippen molar-refractivity contribution in [2.24, 2.45) is 0 Å². The normalized spacial score (nSPS) is 10.2. The average Bonchev–Trinajstić information content (AvgIpc) is 2.60. The van der Waals surface area contributed by atoms with Gasteiger partial charge in [-0.25, -0.2) is 0 Å². The first-order valence-corrected chi connectivity index (χ1v) is 8.57. The third-order valence-electron chi connectivity index (χ3n) is 3.46. The number of anilines is 2. The van der Waals surface area contributed by atoms with Gasteiger partial charge < -0.3 is 15.4 Å². The molecule has 0 saturated carbocycles. The fraction of sp³-hybridized carbons (Fsp3) is 0.316. The first-order valence-electron chi connectivity index (χ1n) is 8.19. The molecule has 0 unspecified atom stereocenters. The van der Waals surface area contributed by atoms with Gasteiger partial charge in [0.05, 0.1) is 0 Å². The van der Waals surface area contributed by atoms with Crippen LogP contribution in [0.2, 0.25) is 5.02 Å². The zero-order valence-electron chi connectivity index (χ0n) is 13.8. The predicted molar refractivity (Wildman–Crippen MR) is 100 cm³/mol. The van der Waals surface area contributed by atoms with Crippen LogP contribution in [0.3, 0.4) is 0 Å². The Morgan fingerprint density at radius 1 is 1.00 bits per heavy atom. The van der Waals surface area contributed by atoms with Gasteiger partial charge in [0.25, 0.3) is 5.91 Å². The summed E-state index contributed by atoms with van der Waals surface area (Å²) >= 11 is 5.80. The number of hydrogen-bond acceptors (Lipinski definition) is 3. The number of halogens is 1. The highest BCUT2D eigenvalue weighted by molar-refractivity contribution is 6.30. The number of amides is 1. The van der Waals surface area contributed by atoms with Gasteiger partial charge in [0.1, 0.15) is 5.75 Å². The molecule has 0 aliphatic rings. The van der Waals surface area contributed by atoms with E-state index in [4.69, 9.17) is 16.3 Å². The van der Waals surface area contributed by atoms with Crippen molar-refractivity contribution in [2.75, 3.05) is 23.8 Å². The maximum atomic E-state index is 11.9. The van der Waals surface area contributed by atoms with Crippen LogP contribution in [0.15, 0.2) is 48.5 Å². The zero-order chi connectivity index (χ0) is 17.2.